The summed E-state index contributed by atoms with van der Waals surface area (Å²) in [4.78, 5) is 0. The highest BCUT2D eigenvalue weighted by Gasteiger charge is 2.32. The Hall–Kier alpha value is -1.20. The van der Waals surface area contributed by atoms with Gasteiger partial charge in [0.05, 0.1) is 11.7 Å². The number of hydrogen-bond acceptors (Lipinski definition) is 3. The smallest absolute Gasteiger partial charge is 0.387 e. The van der Waals surface area contributed by atoms with Crippen LogP contribution in [0.25, 0.3) is 0 Å². The molecule has 0 aromatic heterocycles. The molecule has 1 saturated heterocycles. The van der Waals surface area contributed by atoms with Gasteiger partial charge in [-0.05, 0) is 31.0 Å². The fourth-order valence-electron chi connectivity index (χ4n) is 2.65. The van der Waals surface area contributed by atoms with Crippen LogP contribution in [0.2, 0.25) is 0 Å². The lowest BCUT2D eigenvalue weighted by Crippen LogP contribution is -2.48. The Kier molecular flexibility index (Phi) is 4.94. The number of halogens is 2. The van der Waals surface area contributed by atoms with Crippen LogP contribution < -0.4 is 10.1 Å². The number of rotatable bonds is 5. The molecule has 5 heteroatoms. The van der Waals surface area contributed by atoms with E-state index < -0.39 is 6.61 Å². The average Bonchev–Trinajstić information content (AvgIpc) is 2.38. The Morgan fingerprint density at radius 3 is 3.00 bits per heavy atom. The van der Waals surface area contributed by atoms with Crippen molar-refractivity contribution in [2.75, 3.05) is 13.1 Å². The summed E-state index contributed by atoms with van der Waals surface area (Å²) in [5.74, 6) is 0.170. The molecule has 1 N–H and O–H groups in total. The highest BCUT2D eigenvalue weighted by molar-refractivity contribution is 5.30. The minimum Gasteiger partial charge on any atom is -0.435 e. The van der Waals surface area contributed by atoms with Crippen LogP contribution in [0.1, 0.15) is 38.4 Å². The van der Waals surface area contributed by atoms with Gasteiger partial charge in [-0.15, -0.1) is 0 Å². The number of alkyl halides is 2. The molecular formula is C15H21F2NO2. The fraction of sp³-hybridized carbons (Fsp3) is 0.600. The van der Waals surface area contributed by atoms with E-state index in [9.17, 15) is 8.78 Å². The molecular weight excluding hydrogens is 264 g/mol. The molecule has 1 aliphatic heterocycles. The van der Waals surface area contributed by atoms with Gasteiger partial charge in [-0.3, -0.25) is 0 Å². The maximum atomic E-state index is 12.3. The Labute approximate surface area is 118 Å². The van der Waals surface area contributed by atoms with E-state index in [0.717, 1.165) is 24.9 Å². The van der Waals surface area contributed by atoms with Crippen LogP contribution in [0, 0.1) is 0 Å². The quantitative estimate of drug-likeness (QED) is 0.898. The predicted molar refractivity (Wildman–Crippen MR) is 73.1 cm³/mol. The van der Waals surface area contributed by atoms with Crippen LogP contribution in [-0.4, -0.2) is 25.3 Å². The molecule has 0 spiro atoms. The van der Waals surface area contributed by atoms with Gasteiger partial charge in [0.15, 0.2) is 0 Å². The zero-order valence-corrected chi connectivity index (χ0v) is 11.9. The minimum atomic E-state index is -2.80. The SMILES string of the molecule is CCCC1(C)CNCC(c2cccc(OC(F)F)c2)O1. The molecule has 20 heavy (non-hydrogen) atoms. The molecule has 1 fully saturated rings. The number of morpholine rings is 1. The van der Waals surface area contributed by atoms with E-state index in [-0.39, 0.29) is 17.5 Å². The van der Waals surface area contributed by atoms with E-state index >= 15 is 0 Å². The molecule has 2 atom stereocenters. The minimum absolute atomic E-state index is 0.137. The van der Waals surface area contributed by atoms with Crippen LogP contribution in [0.5, 0.6) is 5.75 Å². The van der Waals surface area contributed by atoms with Crippen molar-refractivity contribution in [3.05, 3.63) is 29.8 Å². The van der Waals surface area contributed by atoms with Gasteiger partial charge >= 0.3 is 6.61 Å². The van der Waals surface area contributed by atoms with Crippen molar-refractivity contribution in [3.63, 3.8) is 0 Å². The first-order valence-corrected chi connectivity index (χ1v) is 6.96. The van der Waals surface area contributed by atoms with Gasteiger partial charge in [0.2, 0.25) is 0 Å². The first-order valence-electron chi connectivity index (χ1n) is 6.96. The summed E-state index contributed by atoms with van der Waals surface area (Å²) < 4.78 is 35.1. The van der Waals surface area contributed by atoms with Crippen molar-refractivity contribution in [2.24, 2.45) is 0 Å². The van der Waals surface area contributed by atoms with E-state index in [1.165, 1.54) is 6.07 Å². The predicted octanol–water partition coefficient (Wildman–Crippen LogP) is 3.51. The van der Waals surface area contributed by atoms with Crippen LogP contribution in [0.3, 0.4) is 0 Å². The first kappa shape index (κ1) is 15.2. The highest BCUT2D eigenvalue weighted by atomic mass is 19.3. The standard InChI is InChI=1S/C15H21F2NO2/c1-3-7-15(2)10-18-9-13(20-15)11-5-4-6-12(8-11)19-14(16)17/h4-6,8,13-14,18H,3,7,9-10H2,1-2H3. The number of nitrogens with one attached hydrogen (secondary N) is 1. The van der Waals surface area contributed by atoms with Crippen LogP contribution in [0.4, 0.5) is 8.78 Å². The zero-order chi connectivity index (χ0) is 14.6. The lowest BCUT2D eigenvalue weighted by atomic mass is 9.96. The molecule has 0 radical (unpaired) electrons. The second-order valence-corrected chi connectivity index (χ2v) is 5.39. The summed E-state index contributed by atoms with van der Waals surface area (Å²) in [5.41, 5.74) is 0.648. The molecule has 1 aliphatic rings. The second kappa shape index (κ2) is 6.50. The molecule has 2 rings (SSSR count). The van der Waals surface area contributed by atoms with Crippen LogP contribution in [0.15, 0.2) is 24.3 Å². The third-order valence-electron chi connectivity index (χ3n) is 3.49. The maximum Gasteiger partial charge on any atom is 0.387 e. The number of hydrogen-bond donors (Lipinski definition) is 1. The van der Waals surface area contributed by atoms with Gasteiger partial charge in [0.1, 0.15) is 5.75 Å². The van der Waals surface area contributed by atoms with Gasteiger partial charge in [0.25, 0.3) is 0 Å². The van der Waals surface area contributed by atoms with E-state index in [1.807, 2.05) is 6.07 Å². The van der Waals surface area contributed by atoms with Crippen molar-refractivity contribution in [1.82, 2.24) is 5.32 Å². The van der Waals surface area contributed by atoms with Crippen molar-refractivity contribution in [2.45, 2.75) is 45.0 Å². The van der Waals surface area contributed by atoms with Crippen LogP contribution in [-0.2, 0) is 4.74 Å². The number of benzene rings is 1. The van der Waals surface area contributed by atoms with Gasteiger partial charge in [-0.25, -0.2) is 0 Å². The van der Waals surface area contributed by atoms with Gasteiger partial charge < -0.3 is 14.8 Å². The van der Waals surface area contributed by atoms with E-state index in [4.69, 9.17) is 4.74 Å². The molecule has 0 amide bonds. The van der Waals surface area contributed by atoms with Crippen molar-refractivity contribution in [3.8, 4) is 5.75 Å². The summed E-state index contributed by atoms with van der Waals surface area (Å²) in [6, 6.07) is 6.73. The molecule has 112 valence electrons. The second-order valence-electron chi connectivity index (χ2n) is 5.39. The van der Waals surface area contributed by atoms with E-state index in [1.54, 1.807) is 12.1 Å². The molecule has 3 nitrogen and oxygen atoms in total. The van der Waals surface area contributed by atoms with Gasteiger partial charge in [-0.1, -0.05) is 25.5 Å². The topological polar surface area (TPSA) is 30.5 Å². The molecule has 1 aromatic carbocycles. The molecule has 1 heterocycles. The Morgan fingerprint density at radius 2 is 2.30 bits per heavy atom. The first-order chi connectivity index (χ1) is 9.52. The van der Waals surface area contributed by atoms with Crippen LogP contribution >= 0.6 is 0 Å². The highest BCUT2D eigenvalue weighted by Crippen LogP contribution is 2.31. The zero-order valence-electron chi connectivity index (χ0n) is 11.9. The van der Waals surface area contributed by atoms with Gasteiger partial charge in [0, 0.05) is 13.1 Å². The normalized spacial score (nSPS) is 26.8. The summed E-state index contributed by atoms with van der Waals surface area (Å²) in [6.07, 6.45) is 1.87. The molecule has 2 unspecified atom stereocenters. The Bertz CT molecular complexity index is 438. The molecule has 1 aromatic rings. The third-order valence-corrected chi connectivity index (χ3v) is 3.49. The van der Waals surface area contributed by atoms with Crippen molar-refractivity contribution >= 4 is 0 Å². The van der Waals surface area contributed by atoms with Gasteiger partial charge in [-0.2, -0.15) is 8.78 Å². The average molecular weight is 285 g/mol. The molecule has 0 saturated carbocycles. The van der Waals surface area contributed by atoms with E-state index in [2.05, 4.69) is 23.9 Å². The Balaban J connectivity index is 2.10. The molecule has 0 aliphatic carbocycles. The summed E-state index contributed by atoms with van der Waals surface area (Å²) in [6.45, 7) is 2.88. The fourth-order valence-corrected chi connectivity index (χ4v) is 2.65. The number of ether oxygens (including phenoxy) is 2. The Morgan fingerprint density at radius 1 is 1.50 bits per heavy atom. The van der Waals surface area contributed by atoms with E-state index in [0.29, 0.717) is 6.54 Å². The molecule has 0 bridgehead atoms. The third kappa shape index (κ3) is 3.90. The summed E-state index contributed by atoms with van der Waals surface area (Å²) in [5, 5.41) is 3.36. The summed E-state index contributed by atoms with van der Waals surface area (Å²) in [7, 11) is 0. The lowest BCUT2D eigenvalue weighted by molar-refractivity contribution is -0.112. The van der Waals surface area contributed by atoms with Crippen molar-refractivity contribution in [1.29, 1.82) is 0 Å². The largest absolute Gasteiger partial charge is 0.435 e. The monoisotopic (exact) mass is 285 g/mol. The maximum absolute atomic E-state index is 12.3. The van der Waals surface area contributed by atoms with Crippen molar-refractivity contribution < 1.29 is 18.3 Å². The lowest BCUT2D eigenvalue weighted by Gasteiger charge is -2.39. The summed E-state index contributed by atoms with van der Waals surface area (Å²) >= 11 is 0.